The highest BCUT2D eigenvalue weighted by molar-refractivity contribution is 7.89. The number of amides is 1. The minimum Gasteiger partial charge on any atom is -0.443 e. The summed E-state index contributed by atoms with van der Waals surface area (Å²) in [6, 6.07) is 3.78. The van der Waals surface area contributed by atoms with E-state index in [0.717, 1.165) is 29.5 Å². The number of carbonyl (C=O) groups is 1. The van der Waals surface area contributed by atoms with E-state index in [4.69, 9.17) is 14.2 Å². The third-order valence-electron chi connectivity index (χ3n) is 6.95. The van der Waals surface area contributed by atoms with Crippen molar-refractivity contribution in [2.75, 3.05) is 38.3 Å². The Labute approximate surface area is 203 Å². The Morgan fingerprint density at radius 2 is 1.65 bits per heavy atom. The zero-order chi connectivity index (χ0) is 24.9. The van der Waals surface area contributed by atoms with Gasteiger partial charge in [0.05, 0.1) is 13.2 Å². The van der Waals surface area contributed by atoms with E-state index in [1.807, 2.05) is 46.8 Å². The lowest BCUT2D eigenvalue weighted by atomic mass is 9.96. The number of rotatable bonds is 5. The van der Waals surface area contributed by atoms with E-state index in [2.05, 4.69) is 0 Å². The summed E-state index contributed by atoms with van der Waals surface area (Å²) in [5.74, 6) is -0.493. The van der Waals surface area contributed by atoms with Gasteiger partial charge in [0, 0.05) is 38.7 Å². The van der Waals surface area contributed by atoms with Crippen LogP contribution in [0, 0.1) is 19.8 Å². The highest BCUT2D eigenvalue weighted by atomic mass is 32.2. The van der Waals surface area contributed by atoms with Gasteiger partial charge in [-0.25, -0.2) is 17.5 Å². The molecule has 4 rings (SSSR count). The van der Waals surface area contributed by atoms with Gasteiger partial charge in [-0.1, -0.05) is 0 Å². The molecule has 0 radical (unpaired) electrons. The van der Waals surface area contributed by atoms with Crippen molar-refractivity contribution >= 4 is 21.8 Å². The number of hydrogen-bond acceptors (Lipinski definition) is 6. The molecule has 1 atom stereocenters. The molecule has 1 unspecified atom stereocenters. The first kappa shape index (κ1) is 25.4. The standard InChI is InChI=1S/C25H38N2O6S/c1-17-15-20(26(6)23(28)33-24(3,4)5)16-18(2)21(17)22(19-7-8-19)34(29,30)27-11-9-25(10-12-27)31-13-14-32-25/h15-16,19,22H,7-14H2,1-6H3. The Bertz CT molecular complexity index is 1000. The third-order valence-corrected chi connectivity index (χ3v) is 9.29. The van der Waals surface area contributed by atoms with Gasteiger partial charge in [-0.3, -0.25) is 4.90 Å². The number of hydrogen-bond donors (Lipinski definition) is 0. The SMILES string of the molecule is Cc1cc(N(C)C(=O)OC(C)(C)C)cc(C)c1C(C1CC1)S(=O)(=O)N1CCC2(CC1)OCCO2. The van der Waals surface area contributed by atoms with E-state index in [1.165, 1.54) is 4.90 Å². The molecule has 2 heterocycles. The fraction of sp³-hybridized carbons (Fsp3) is 0.720. The molecule has 3 aliphatic rings. The van der Waals surface area contributed by atoms with Crippen LogP contribution in [-0.4, -0.2) is 63.6 Å². The summed E-state index contributed by atoms with van der Waals surface area (Å²) < 4.78 is 46.5. The number of ether oxygens (including phenoxy) is 3. The molecule has 1 aromatic rings. The van der Waals surface area contributed by atoms with E-state index in [1.54, 1.807) is 11.4 Å². The fourth-order valence-corrected chi connectivity index (χ4v) is 7.53. The normalized spacial score (nSPS) is 22.1. The highest BCUT2D eigenvalue weighted by Crippen LogP contribution is 2.49. The molecule has 3 fully saturated rings. The lowest BCUT2D eigenvalue weighted by Crippen LogP contribution is -2.48. The van der Waals surface area contributed by atoms with Gasteiger partial charge in [-0.05, 0) is 82.2 Å². The summed E-state index contributed by atoms with van der Waals surface area (Å²) in [5.41, 5.74) is 2.71. The lowest BCUT2D eigenvalue weighted by molar-refractivity contribution is -0.179. The first-order chi connectivity index (χ1) is 15.8. The smallest absolute Gasteiger partial charge is 0.414 e. The molecular formula is C25H38N2O6S. The Morgan fingerprint density at radius 3 is 2.12 bits per heavy atom. The van der Waals surface area contributed by atoms with Gasteiger partial charge in [0.15, 0.2) is 5.79 Å². The van der Waals surface area contributed by atoms with Gasteiger partial charge in [0.2, 0.25) is 10.0 Å². The van der Waals surface area contributed by atoms with Crippen molar-refractivity contribution in [3.8, 4) is 0 Å². The summed E-state index contributed by atoms with van der Waals surface area (Å²) in [4.78, 5) is 14.0. The van der Waals surface area contributed by atoms with Crippen molar-refractivity contribution < 1.29 is 27.4 Å². The number of sulfonamides is 1. The Balaban J connectivity index is 1.59. The van der Waals surface area contributed by atoms with Gasteiger partial charge in [0.1, 0.15) is 10.9 Å². The van der Waals surface area contributed by atoms with Crippen LogP contribution in [0.5, 0.6) is 0 Å². The fourth-order valence-electron chi connectivity index (χ4n) is 5.08. The first-order valence-electron chi connectivity index (χ1n) is 12.2. The number of anilines is 1. The minimum atomic E-state index is -3.56. The maximum Gasteiger partial charge on any atom is 0.414 e. The zero-order valence-electron chi connectivity index (χ0n) is 21.2. The van der Waals surface area contributed by atoms with E-state index in [-0.39, 0.29) is 5.92 Å². The van der Waals surface area contributed by atoms with Crippen LogP contribution in [0.1, 0.15) is 68.4 Å². The van der Waals surface area contributed by atoms with Crippen molar-refractivity contribution in [1.29, 1.82) is 0 Å². The quantitative estimate of drug-likeness (QED) is 0.607. The summed E-state index contributed by atoms with van der Waals surface area (Å²) >= 11 is 0. The van der Waals surface area contributed by atoms with Crippen LogP contribution in [0.4, 0.5) is 10.5 Å². The maximum atomic E-state index is 13.9. The number of aryl methyl sites for hydroxylation is 2. The molecule has 2 aliphatic heterocycles. The van der Waals surface area contributed by atoms with Crippen LogP contribution in [0.15, 0.2) is 12.1 Å². The second-order valence-corrected chi connectivity index (χ2v) is 12.9. The van der Waals surface area contributed by atoms with Gasteiger partial charge in [0.25, 0.3) is 0 Å². The third kappa shape index (κ3) is 5.12. The van der Waals surface area contributed by atoms with Crippen LogP contribution in [0.2, 0.25) is 0 Å². The maximum absolute atomic E-state index is 13.9. The number of piperidine rings is 1. The molecule has 1 amide bonds. The van der Waals surface area contributed by atoms with Crippen LogP contribution in [0.25, 0.3) is 0 Å². The number of nitrogens with zero attached hydrogens (tertiary/aromatic N) is 2. The molecule has 0 bridgehead atoms. The van der Waals surface area contributed by atoms with Gasteiger partial charge >= 0.3 is 6.09 Å². The van der Waals surface area contributed by atoms with Crippen molar-refractivity contribution in [2.24, 2.45) is 5.92 Å². The minimum absolute atomic E-state index is 0.117. The van der Waals surface area contributed by atoms with Crippen molar-refractivity contribution in [3.63, 3.8) is 0 Å². The van der Waals surface area contributed by atoms with Crippen molar-refractivity contribution in [3.05, 3.63) is 28.8 Å². The summed E-state index contributed by atoms with van der Waals surface area (Å²) in [6.45, 7) is 11.3. The lowest BCUT2D eigenvalue weighted by Gasteiger charge is -2.38. The van der Waals surface area contributed by atoms with Crippen LogP contribution < -0.4 is 4.90 Å². The average Bonchev–Trinajstić information content (AvgIpc) is 3.47. The van der Waals surface area contributed by atoms with Crippen molar-refractivity contribution in [1.82, 2.24) is 4.31 Å². The second-order valence-electron chi connectivity index (χ2n) is 10.8. The molecule has 1 aromatic carbocycles. The number of benzene rings is 1. The summed E-state index contributed by atoms with van der Waals surface area (Å²) in [7, 11) is -1.89. The van der Waals surface area contributed by atoms with Crippen LogP contribution >= 0.6 is 0 Å². The van der Waals surface area contributed by atoms with E-state index >= 15 is 0 Å². The first-order valence-corrected chi connectivity index (χ1v) is 13.7. The van der Waals surface area contributed by atoms with Crippen LogP contribution in [-0.2, 0) is 24.2 Å². The second kappa shape index (κ2) is 9.08. The van der Waals surface area contributed by atoms with E-state index < -0.39 is 32.8 Å². The molecule has 0 N–H and O–H groups in total. The Hall–Kier alpha value is -1.68. The van der Waals surface area contributed by atoms with Gasteiger partial charge < -0.3 is 14.2 Å². The molecule has 8 nitrogen and oxygen atoms in total. The monoisotopic (exact) mass is 494 g/mol. The molecule has 0 aromatic heterocycles. The Morgan fingerprint density at radius 1 is 1.12 bits per heavy atom. The molecule has 1 aliphatic carbocycles. The molecule has 9 heteroatoms. The number of carbonyl (C=O) groups excluding carboxylic acids is 1. The van der Waals surface area contributed by atoms with E-state index in [9.17, 15) is 13.2 Å². The Kier molecular flexibility index (Phi) is 6.78. The summed E-state index contributed by atoms with van der Waals surface area (Å²) in [5, 5.41) is -0.576. The molecular weight excluding hydrogens is 456 g/mol. The largest absolute Gasteiger partial charge is 0.443 e. The highest BCUT2D eigenvalue weighted by Gasteiger charge is 2.48. The van der Waals surface area contributed by atoms with E-state index in [0.29, 0.717) is 44.8 Å². The molecule has 190 valence electrons. The van der Waals surface area contributed by atoms with Gasteiger partial charge in [-0.2, -0.15) is 0 Å². The molecule has 1 saturated carbocycles. The van der Waals surface area contributed by atoms with Crippen LogP contribution in [0.3, 0.4) is 0 Å². The van der Waals surface area contributed by atoms with Crippen molar-refractivity contribution in [2.45, 2.75) is 76.9 Å². The summed E-state index contributed by atoms with van der Waals surface area (Å²) in [6.07, 6.45) is 2.49. The molecule has 34 heavy (non-hydrogen) atoms. The average molecular weight is 495 g/mol. The topological polar surface area (TPSA) is 85.4 Å². The zero-order valence-corrected chi connectivity index (χ0v) is 22.0. The predicted molar refractivity (Wildman–Crippen MR) is 130 cm³/mol. The predicted octanol–water partition coefficient (Wildman–Crippen LogP) is 4.29. The molecule has 2 saturated heterocycles. The molecule has 1 spiro atoms. The van der Waals surface area contributed by atoms with Gasteiger partial charge in [-0.15, -0.1) is 0 Å².